The minimum absolute atomic E-state index is 0. The highest BCUT2D eigenvalue weighted by Crippen LogP contribution is 2.18. The molecule has 4 nitrogen and oxygen atoms in total. The molecule has 2 aromatic carbocycles. The van der Waals surface area contributed by atoms with E-state index in [1.807, 2.05) is 29.2 Å². The predicted octanol–water partition coefficient (Wildman–Crippen LogP) is 3.58. The molecule has 0 spiro atoms. The molecule has 1 unspecified atom stereocenters. The molecular weight excluding hydrogens is 367 g/mol. The van der Waals surface area contributed by atoms with E-state index in [2.05, 4.69) is 5.32 Å². The zero-order valence-electron chi connectivity index (χ0n) is 15.5. The highest BCUT2D eigenvalue weighted by atomic mass is 35.5. The number of piperidine rings is 1. The number of halogens is 2. The molecule has 0 radical (unpaired) electrons. The molecule has 1 amide bonds. The standard InChI is InChI=1S/C21H25FN2O2.ClH/c1-26-20-10-6-16(7-11-20)13-21(25)24(19-3-2-12-23-14-19)15-17-4-8-18(22)9-5-17;/h4-11,19,23H,2-3,12-15H2,1H3;1H. The molecule has 146 valence electrons. The van der Waals surface area contributed by atoms with Crippen LogP contribution in [0, 0.1) is 5.82 Å². The fraction of sp³-hybridized carbons (Fsp3) is 0.381. The molecule has 0 aliphatic carbocycles. The van der Waals surface area contributed by atoms with Gasteiger partial charge in [0.1, 0.15) is 11.6 Å². The second-order valence-electron chi connectivity index (χ2n) is 6.67. The van der Waals surface area contributed by atoms with E-state index in [-0.39, 0.29) is 30.2 Å². The largest absolute Gasteiger partial charge is 0.497 e. The van der Waals surface area contributed by atoms with Crippen LogP contribution in [0.4, 0.5) is 4.39 Å². The zero-order chi connectivity index (χ0) is 18.4. The van der Waals surface area contributed by atoms with Crippen molar-refractivity contribution in [3.63, 3.8) is 0 Å². The third-order valence-electron chi connectivity index (χ3n) is 4.81. The molecule has 1 fully saturated rings. The van der Waals surface area contributed by atoms with Crippen molar-refractivity contribution in [2.75, 3.05) is 20.2 Å². The van der Waals surface area contributed by atoms with Crippen LogP contribution in [0.15, 0.2) is 48.5 Å². The number of carbonyl (C=O) groups is 1. The van der Waals surface area contributed by atoms with Gasteiger partial charge < -0.3 is 15.0 Å². The highest BCUT2D eigenvalue weighted by molar-refractivity contribution is 5.85. The minimum Gasteiger partial charge on any atom is -0.497 e. The van der Waals surface area contributed by atoms with Crippen LogP contribution in [-0.4, -0.2) is 37.0 Å². The number of hydrogen-bond donors (Lipinski definition) is 1. The summed E-state index contributed by atoms with van der Waals surface area (Å²) in [7, 11) is 1.63. The van der Waals surface area contributed by atoms with Crippen molar-refractivity contribution in [1.82, 2.24) is 10.2 Å². The molecule has 1 aliphatic heterocycles. The smallest absolute Gasteiger partial charge is 0.227 e. The third kappa shape index (κ3) is 5.94. The molecule has 2 aromatic rings. The van der Waals surface area contributed by atoms with E-state index in [4.69, 9.17) is 4.74 Å². The van der Waals surface area contributed by atoms with Crippen LogP contribution >= 0.6 is 12.4 Å². The van der Waals surface area contributed by atoms with Gasteiger partial charge in [-0.25, -0.2) is 4.39 Å². The van der Waals surface area contributed by atoms with Gasteiger partial charge in [-0.1, -0.05) is 24.3 Å². The molecular formula is C21H26ClFN2O2. The Morgan fingerprint density at radius 2 is 1.81 bits per heavy atom. The summed E-state index contributed by atoms with van der Waals surface area (Å²) in [6.07, 6.45) is 2.39. The van der Waals surface area contributed by atoms with E-state index in [9.17, 15) is 9.18 Å². The van der Waals surface area contributed by atoms with Crippen LogP contribution in [0.25, 0.3) is 0 Å². The van der Waals surface area contributed by atoms with Gasteiger partial charge in [-0.05, 0) is 54.8 Å². The second-order valence-corrected chi connectivity index (χ2v) is 6.67. The molecule has 0 saturated carbocycles. The number of rotatable bonds is 6. The number of hydrogen-bond acceptors (Lipinski definition) is 3. The summed E-state index contributed by atoms with van der Waals surface area (Å²) in [6.45, 7) is 2.30. The Balaban J connectivity index is 0.00000261. The van der Waals surface area contributed by atoms with E-state index in [1.54, 1.807) is 19.2 Å². The van der Waals surface area contributed by atoms with E-state index in [0.29, 0.717) is 13.0 Å². The molecule has 1 aliphatic rings. The average Bonchev–Trinajstić information content (AvgIpc) is 2.68. The number of amides is 1. The van der Waals surface area contributed by atoms with Gasteiger partial charge in [-0.2, -0.15) is 0 Å². The lowest BCUT2D eigenvalue weighted by atomic mass is 10.0. The Morgan fingerprint density at radius 3 is 2.41 bits per heavy atom. The van der Waals surface area contributed by atoms with E-state index in [0.717, 1.165) is 42.8 Å². The van der Waals surface area contributed by atoms with E-state index >= 15 is 0 Å². The molecule has 6 heteroatoms. The van der Waals surface area contributed by atoms with Gasteiger partial charge >= 0.3 is 0 Å². The minimum atomic E-state index is -0.260. The van der Waals surface area contributed by atoms with Crippen LogP contribution in [0.3, 0.4) is 0 Å². The number of ether oxygens (including phenoxy) is 1. The summed E-state index contributed by atoms with van der Waals surface area (Å²) < 4.78 is 18.4. The normalized spacial score (nSPS) is 16.3. The maximum atomic E-state index is 13.2. The van der Waals surface area contributed by atoms with Crippen LogP contribution in [0.1, 0.15) is 24.0 Å². The molecule has 0 aromatic heterocycles. The Labute approximate surface area is 166 Å². The number of benzene rings is 2. The number of nitrogens with zero attached hydrogens (tertiary/aromatic N) is 1. The highest BCUT2D eigenvalue weighted by Gasteiger charge is 2.25. The maximum Gasteiger partial charge on any atom is 0.227 e. The van der Waals surface area contributed by atoms with Crippen LogP contribution < -0.4 is 10.1 Å². The van der Waals surface area contributed by atoms with Gasteiger partial charge in [0.05, 0.1) is 13.5 Å². The van der Waals surface area contributed by atoms with Gasteiger partial charge in [-0.15, -0.1) is 12.4 Å². The second kappa shape index (κ2) is 10.3. The third-order valence-corrected chi connectivity index (χ3v) is 4.81. The first-order valence-electron chi connectivity index (χ1n) is 9.03. The van der Waals surface area contributed by atoms with Gasteiger partial charge in [0.2, 0.25) is 5.91 Å². The molecule has 27 heavy (non-hydrogen) atoms. The quantitative estimate of drug-likeness (QED) is 0.817. The first kappa shape index (κ1) is 21.2. The van der Waals surface area contributed by atoms with Gasteiger partial charge in [0, 0.05) is 19.1 Å². The number of nitrogens with one attached hydrogen (secondary N) is 1. The summed E-state index contributed by atoms with van der Waals surface area (Å²) in [5.74, 6) is 0.609. The summed E-state index contributed by atoms with van der Waals surface area (Å²) in [5.41, 5.74) is 1.91. The summed E-state index contributed by atoms with van der Waals surface area (Å²) >= 11 is 0. The monoisotopic (exact) mass is 392 g/mol. The lowest BCUT2D eigenvalue weighted by Gasteiger charge is -2.35. The fourth-order valence-corrected chi connectivity index (χ4v) is 3.33. The number of methoxy groups -OCH3 is 1. The molecule has 0 bridgehead atoms. The Morgan fingerprint density at radius 1 is 1.15 bits per heavy atom. The van der Waals surface area contributed by atoms with Gasteiger partial charge in [-0.3, -0.25) is 4.79 Å². The first-order chi connectivity index (χ1) is 12.7. The van der Waals surface area contributed by atoms with E-state index < -0.39 is 0 Å². The topological polar surface area (TPSA) is 41.6 Å². The van der Waals surface area contributed by atoms with Crippen molar-refractivity contribution >= 4 is 18.3 Å². The Hall–Kier alpha value is -2.11. The lowest BCUT2D eigenvalue weighted by molar-refractivity contribution is -0.133. The first-order valence-corrected chi connectivity index (χ1v) is 9.03. The summed E-state index contributed by atoms with van der Waals surface area (Å²) in [4.78, 5) is 15.0. The molecule has 1 heterocycles. The maximum absolute atomic E-state index is 13.2. The van der Waals surface area contributed by atoms with Crippen molar-refractivity contribution in [1.29, 1.82) is 0 Å². The van der Waals surface area contributed by atoms with Gasteiger partial charge in [0.15, 0.2) is 0 Å². The predicted molar refractivity (Wildman–Crippen MR) is 107 cm³/mol. The lowest BCUT2D eigenvalue weighted by Crippen LogP contribution is -2.48. The van der Waals surface area contributed by atoms with Crippen LogP contribution in [0.2, 0.25) is 0 Å². The van der Waals surface area contributed by atoms with Crippen molar-refractivity contribution < 1.29 is 13.9 Å². The Bertz CT molecular complexity index is 716. The van der Waals surface area contributed by atoms with Gasteiger partial charge in [0.25, 0.3) is 0 Å². The molecule has 3 rings (SSSR count). The molecule has 1 N–H and O–H groups in total. The summed E-state index contributed by atoms with van der Waals surface area (Å²) in [6, 6.07) is 14.1. The zero-order valence-corrected chi connectivity index (χ0v) is 16.3. The molecule has 1 saturated heterocycles. The van der Waals surface area contributed by atoms with Crippen molar-refractivity contribution in [3.8, 4) is 5.75 Å². The van der Waals surface area contributed by atoms with Crippen molar-refractivity contribution in [2.45, 2.75) is 31.8 Å². The summed E-state index contributed by atoms with van der Waals surface area (Å²) in [5, 5.41) is 3.37. The fourth-order valence-electron chi connectivity index (χ4n) is 3.33. The van der Waals surface area contributed by atoms with Crippen molar-refractivity contribution in [2.24, 2.45) is 0 Å². The van der Waals surface area contributed by atoms with Crippen LogP contribution in [0.5, 0.6) is 5.75 Å². The molecule has 1 atom stereocenters. The average molecular weight is 393 g/mol. The van der Waals surface area contributed by atoms with Crippen LogP contribution in [-0.2, 0) is 17.8 Å². The number of carbonyl (C=O) groups excluding carboxylic acids is 1. The Kier molecular flexibility index (Phi) is 8.07. The SMILES string of the molecule is COc1ccc(CC(=O)N(Cc2ccc(F)cc2)C2CCCNC2)cc1.Cl. The van der Waals surface area contributed by atoms with E-state index in [1.165, 1.54) is 12.1 Å². The van der Waals surface area contributed by atoms with Crippen molar-refractivity contribution in [3.05, 3.63) is 65.5 Å².